The summed E-state index contributed by atoms with van der Waals surface area (Å²) in [5.41, 5.74) is 1.26. The first-order valence-corrected chi connectivity index (χ1v) is 5.87. The normalized spacial score (nSPS) is 10.0. The molecule has 0 spiro atoms. The van der Waals surface area contributed by atoms with Crippen molar-refractivity contribution in [3.8, 4) is 0 Å². The Balaban J connectivity index is 2.38. The molecule has 5 heteroatoms. The minimum Gasteiger partial charge on any atom is -0.481 e. The molecule has 16 heavy (non-hydrogen) atoms. The second kappa shape index (κ2) is 6.17. The van der Waals surface area contributed by atoms with Gasteiger partial charge in [-0.2, -0.15) is 11.8 Å². The predicted molar refractivity (Wildman–Crippen MR) is 61.8 cm³/mol. The Bertz CT molecular complexity index is 372. The zero-order chi connectivity index (χ0) is 12.0. The maximum absolute atomic E-state index is 10.6. The zero-order valence-corrected chi connectivity index (χ0v) is 9.37. The van der Waals surface area contributed by atoms with Crippen LogP contribution in [0.3, 0.4) is 0 Å². The molecule has 0 saturated carbocycles. The lowest BCUT2D eigenvalue weighted by atomic mass is 10.1. The standard InChI is InChI=1S/C11H12O4S/c12-10(13)5-6-16-7-8-1-3-9(4-2-8)11(14)15/h1-4H,5-7H2,(H,12,13)(H,14,15). The summed E-state index contributed by atoms with van der Waals surface area (Å²) in [5, 5.41) is 17.1. The van der Waals surface area contributed by atoms with Gasteiger partial charge in [0.05, 0.1) is 12.0 Å². The maximum atomic E-state index is 10.6. The van der Waals surface area contributed by atoms with E-state index >= 15 is 0 Å². The van der Waals surface area contributed by atoms with Gasteiger partial charge in [-0.1, -0.05) is 12.1 Å². The van der Waals surface area contributed by atoms with Gasteiger partial charge in [0.2, 0.25) is 0 Å². The van der Waals surface area contributed by atoms with Crippen LogP contribution in [0.4, 0.5) is 0 Å². The lowest BCUT2D eigenvalue weighted by Crippen LogP contribution is -1.97. The summed E-state index contributed by atoms with van der Waals surface area (Å²) in [6.07, 6.45) is 0.151. The van der Waals surface area contributed by atoms with Gasteiger partial charge in [0.1, 0.15) is 0 Å². The van der Waals surface area contributed by atoms with Gasteiger partial charge in [-0.15, -0.1) is 0 Å². The first-order valence-electron chi connectivity index (χ1n) is 4.71. The summed E-state index contributed by atoms with van der Waals surface area (Å²) in [4.78, 5) is 20.8. The highest BCUT2D eigenvalue weighted by Crippen LogP contribution is 2.14. The van der Waals surface area contributed by atoms with Crippen molar-refractivity contribution in [2.75, 3.05) is 5.75 Å². The van der Waals surface area contributed by atoms with Crippen molar-refractivity contribution in [3.63, 3.8) is 0 Å². The van der Waals surface area contributed by atoms with Crippen molar-refractivity contribution in [3.05, 3.63) is 35.4 Å². The number of carbonyl (C=O) groups is 2. The highest BCUT2D eigenvalue weighted by molar-refractivity contribution is 7.98. The van der Waals surface area contributed by atoms with E-state index in [1.807, 2.05) is 0 Å². The number of aliphatic carboxylic acids is 1. The van der Waals surface area contributed by atoms with Crippen LogP contribution in [0.1, 0.15) is 22.3 Å². The van der Waals surface area contributed by atoms with E-state index in [0.717, 1.165) is 5.56 Å². The quantitative estimate of drug-likeness (QED) is 0.745. The number of rotatable bonds is 6. The predicted octanol–water partition coefficient (Wildman–Crippen LogP) is 2.09. The smallest absolute Gasteiger partial charge is 0.335 e. The van der Waals surface area contributed by atoms with E-state index in [0.29, 0.717) is 11.5 Å². The molecule has 86 valence electrons. The van der Waals surface area contributed by atoms with E-state index in [1.54, 1.807) is 24.3 Å². The van der Waals surface area contributed by atoms with Crippen molar-refractivity contribution in [1.82, 2.24) is 0 Å². The van der Waals surface area contributed by atoms with Crippen molar-refractivity contribution in [1.29, 1.82) is 0 Å². The third-order valence-electron chi connectivity index (χ3n) is 1.93. The molecule has 0 aromatic heterocycles. The van der Waals surface area contributed by atoms with Crippen LogP contribution in [0.15, 0.2) is 24.3 Å². The van der Waals surface area contributed by atoms with Crippen LogP contribution in [0.5, 0.6) is 0 Å². The molecule has 0 aliphatic heterocycles. The van der Waals surface area contributed by atoms with Crippen LogP contribution in [0.25, 0.3) is 0 Å². The van der Waals surface area contributed by atoms with E-state index < -0.39 is 11.9 Å². The largest absolute Gasteiger partial charge is 0.481 e. The summed E-state index contributed by atoms with van der Waals surface area (Å²) in [7, 11) is 0. The number of aromatic carboxylic acids is 1. The SMILES string of the molecule is O=C(O)CCSCc1ccc(C(=O)O)cc1. The van der Waals surface area contributed by atoms with E-state index in [1.165, 1.54) is 11.8 Å². The highest BCUT2D eigenvalue weighted by atomic mass is 32.2. The first-order chi connectivity index (χ1) is 7.59. The Morgan fingerprint density at radius 2 is 1.75 bits per heavy atom. The molecule has 1 aromatic rings. The molecule has 4 nitrogen and oxygen atoms in total. The summed E-state index contributed by atoms with van der Waals surface area (Å²) in [6, 6.07) is 6.60. The van der Waals surface area contributed by atoms with E-state index in [2.05, 4.69) is 0 Å². The maximum Gasteiger partial charge on any atom is 0.335 e. The Labute approximate surface area is 97.3 Å². The average Bonchev–Trinajstić information content (AvgIpc) is 2.25. The van der Waals surface area contributed by atoms with Crippen molar-refractivity contribution in [2.45, 2.75) is 12.2 Å². The molecule has 0 saturated heterocycles. The van der Waals surface area contributed by atoms with Crippen LogP contribution in [0.2, 0.25) is 0 Å². The molecule has 0 bridgehead atoms. The molecule has 0 amide bonds. The van der Waals surface area contributed by atoms with Crippen molar-refractivity contribution < 1.29 is 19.8 Å². The molecule has 0 unspecified atom stereocenters. The number of benzene rings is 1. The van der Waals surface area contributed by atoms with Crippen LogP contribution < -0.4 is 0 Å². The Kier molecular flexibility index (Phi) is 4.85. The van der Waals surface area contributed by atoms with Gasteiger partial charge in [0.25, 0.3) is 0 Å². The molecule has 0 fully saturated rings. The van der Waals surface area contributed by atoms with Crippen molar-refractivity contribution >= 4 is 23.7 Å². The van der Waals surface area contributed by atoms with E-state index in [9.17, 15) is 9.59 Å². The molecule has 0 aliphatic carbocycles. The molecule has 2 N–H and O–H groups in total. The van der Waals surface area contributed by atoms with Gasteiger partial charge in [0.15, 0.2) is 0 Å². The summed E-state index contributed by atoms with van der Waals surface area (Å²) in [6.45, 7) is 0. The van der Waals surface area contributed by atoms with Gasteiger partial charge in [0, 0.05) is 11.5 Å². The van der Waals surface area contributed by atoms with Gasteiger partial charge in [-0.3, -0.25) is 4.79 Å². The van der Waals surface area contributed by atoms with Crippen LogP contribution in [0, 0.1) is 0 Å². The van der Waals surface area contributed by atoms with E-state index in [4.69, 9.17) is 10.2 Å². The van der Waals surface area contributed by atoms with Gasteiger partial charge in [-0.25, -0.2) is 4.79 Å². The molecule has 0 heterocycles. The molecule has 0 radical (unpaired) electrons. The van der Waals surface area contributed by atoms with Gasteiger partial charge >= 0.3 is 11.9 Å². The van der Waals surface area contributed by atoms with Crippen LogP contribution in [-0.2, 0) is 10.5 Å². The zero-order valence-electron chi connectivity index (χ0n) is 8.55. The molecule has 0 aliphatic rings. The summed E-state index contributed by atoms with van der Waals surface area (Å²) in [5.74, 6) is -0.470. The van der Waals surface area contributed by atoms with Crippen LogP contribution in [-0.4, -0.2) is 27.9 Å². The minimum atomic E-state index is -0.940. The number of carboxylic acids is 2. The molecule has 1 aromatic carbocycles. The third kappa shape index (κ3) is 4.35. The fourth-order valence-corrected chi connectivity index (χ4v) is 1.98. The number of thioether (sulfide) groups is 1. The van der Waals surface area contributed by atoms with Crippen molar-refractivity contribution in [2.24, 2.45) is 0 Å². The monoisotopic (exact) mass is 240 g/mol. The summed E-state index contributed by atoms with van der Waals surface area (Å²) >= 11 is 1.52. The Morgan fingerprint density at radius 1 is 1.12 bits per heavy atom. The highest BCUT2D eigenvalue weighted by Gasteiger charge is 2.02. The lowest BCUT2D eigenvalue weighted by molar-refractivity contribution is -0.136. The molecular formula is C11H12O4S. The second-order valence-electron chi connectivity index (χ2n) is 3.20. The number of hydrogen-bond acceptors (Lipinski definition) is 3. The molecular weight excluding hydrogens is 228 g/mol. The lowest BCUT2D eigenvalue weighted by Gasteiger charge is -2.01. The Hall–Kier alpha value is -1.49. The summed E-state index contributed by atoms with van der Waals surface area (Å²) < 4.78 is 0. The topological polar surface area (TPSA) is 74.6 Å². The average molecular weight is 240 g/mol. The van der Waals surface area contributed by atoms with Gasteiger partial charge in [-0.05, 0) is 17.7 Å². The minimum absolute atomic E-state index is 0.151. The van der Waals surface area contributed by atoms with Gasteiger partial charge < -0.3 is 10.2 Å². The van der Waals surface area contributed by atoms with Crippen LogP contribution >= 0.6 is 11.8 Å². The number of carboxylic acid groups (broad SMARTS) is 2. The fraction of sp³-hybridized carbons (Fsp3) is 0.273. The van der Waals surface area contributed by atoms with E-state index in [-0.39, 0.29) is 12.0 Å². The molecule has 1 rings (SSSR count). The fourth-order valence-electron chi connectivity index (χ4n) is 1.09. The first kappa shape index (κ1) is 12.6. The Morgan fingerprint density at radius 3 is 2.25 bits per heavy atom. The third-order valence-corrected chi connectivity index (χ3v) is 2.96. The molecule has 0 atom stereocenters. The number of hydrogen-bond donors (Lipinski definition) is 2. The second-order valence-corrected chi connectivity index (χ2v) is 4.30.